The molecule has 3 atom stereocenters. The largest absolute Gasteiger partial charge is 0.371 e. The van der Waals surface area contributed by atoms with Gasteiger partial charge in [-0.1, -0.05) is 18.6 Å². The van der Waals surface area contributed by atoms with Crippen LogP contribution in [0.5, 0.6) is 0 Å². The van der Waals surface area contributed by atoms with Crippen LogP contribution in [0.3, 0.4) is 0 Å². The average Bonchev–Trinajstić information content (AvgIpc) is 3.66. The number of piperidine rings is 1. The molecule has 0 N–H and O–H groups in total. The van der Waals surface area contributed by atoms with E-state index >= 15 is 4.39 Å². The molecule has 9 heteroatoms. The van der Waals surface area contributed by atoms with Gasteiger partial charge in [-0.2, -0.15) is 0 Å². The molecule has 6 aliphatic rings. The number of nitrogens with zero attached hydrogens (tertiary/aromatic N) is 4. The summed E-state index contributed by atoms with van der Waals surface area (Å²) < 4.78 is 40.2. The molecule has 254 valence electrons. The maximum absolute atomic E-state index is 15.0. The van der Waals surface area contributed by atoms with Gasteiger partial charge in [0.05, 0.1) is 10.1 Å². The third-order valence-electron chi connectivity index (χ3n) is 12.7. The van der Waals surface area contributed by atoms with Crippen LogP contribution in [0, 0.1) is 23.6 Å². The number of anilines is 1. The fourth-order valence-electron chi connectivity index (χ4n) is 10.0. The Morgan fingerprint density at radius 1 is 0.809 bits per heavy atom. The molecule has 0 aromatic heterocycles. The first-order valence-corrected chi connectivity index (χ1v) is 19.9. The van der Waals surface area contributed by atoms with Crippen LogP contribution < -0.4 is 4.90 Å². The number of rotatable bonds is 11. The summed E-state index contributed by atoms with van der Waals surface area (Å²) in [4.78, 5) is 23.4. The second kappa shape index (κ2) is 12.8. The highest BCUT2D eigenvalue weighted by molar-refractivity contribution is 7.92. The van der Waals surface area contributed by atoms with E-state index in [1.807, 2.05) is 24.3 Å². The Balaban J connectivity index is 0.961. The summed E-state index contributed by atoms with van der Waals surface area (Å²) in [6.07, 6.45) is 10.0. The van der Waals surface area contributed by atoms with Gasteiger partial charge in [-0.05, 0) is 131 Å². The molecule has 2 aromatic carbocycles. The molecule has 0 spiro atoms. The van der Waals surface area contributed by atoms with Gasteiger partial charge in [0.1, 0.15) is 5.82 Å². The molecule has 2 saturated carbocycles. The smallest absolute Gasteiger partial charge is 0.222 e. The van der Waals surface area contributed by atoms with E-state index in [2.05, 4.69) is 25.7 Å². The van der Waals surface area contributed by atoms with Crippen molar-refractivity contribution in [3.8, 4) is 0 Å². The quantitative estimate of drug-likeness (QED) is 0.324. The SMILES string of the molecule is O=C1CCCN1[C@H]1CCC[C@@H]1[C@](CN1CCC1)(c1cccc(F)c1)C1CCN(CC2CN(c3ccc(S(=O)(=O)C4CC4)cc3)C2)CC1. The second-order valence-corrected chi connectivity index (χ2v) is 17.8. The fourth-order valence-corrected chi connectivity index (χ4v) is 11.7. The van der Waals surface area contributed by atoms with Gasteiger partial charge >= 0.3 is 0 Å². The van der Waals surface area contributed by atoms with E-state index in [-0.39, 0.29) is 22.5 Å². The van der Waals surface area contributed by atoms with Crippen LogP contribution in [0.25, 0.3) is 0 Å². The molecule has 2 aromatic rings. The van der Waals surface area contributed by atoms with Crippen molar-refractivity contribution < 1.29 is 17.6 Å². The third kappa shape index (κ3) is 6.03. The lowest BCUT2D eigenvalue weighted by atomic mass is 9.57. The van der Waals surface area contributed by atoms with Crippen LogP contribution in [0.4, 0.5) is 10.1 Å². The number of halogens is 1. The maximum Gasteiger partial charge on any atom is 0.222 e. The summed E-state index contributed by atoms with van der Waals surface area (Å²) in [5, 5.41) is -0.172. The van der Waals surface area contributed by atoms with Crippen molar-refractivity contribution >= 4 is 21.4 Å². The molecule has 4 saturated heterocycles. The Hall–Kier alpha value is -2.49. The number of carbonyl (C=O) groups excluding carboxylic acids is 1. The third-order valence-corrected chi connectivity index (χ3v) is 15.0. The molecule has 0 radical (unpaired) electrons. The standard InChI is InChI=1S/C38H51FN4O3S/c39-31-6-1-5-30(23-31)38(27-41-18-4-19-41,35-7-2-8-36(35)43-20-3-9-37(43)44)29-16-21-40(22-17-29)24-28-25-42(26-28)32-10-12-33(13-11-32)47(45,46)34-14-15-34/h1,5-6,10-13,23,28-29,34-36H,2-4,7-9,14-22,24-27H2/t35-,36-,38-/m0/s1. The zero-order valence-electron chi connectivity index (χ0n) is 27.7. The van der Waals surface area contributed by atoms with Gasteiger partial charge in [-0.15, -0.1) is 0 Å². The Kier molecular flexibility index (Phi) is 8.62. The van der Waals surface area contributed by atoms with Gasteiger partial charge in [0.2, 0.25) is 5.91 Å². The maximum atomic E-state index is 15.0. The number of sulfone groups is 1. The predicted molar refractivity (Wildman–Crippen MR) is 183 cm³/mol. The zero-order valence-corrected chi connectivity index (χ0v) is 28.6. The van der Waals surface area contributed by atoms with E-state index in [4.69, 9.17) is 0 Å². The number of amides is 1. The normalized spacial score (nSPS) is 28.0. The Morgan fingerprint density at radius 2 is 1.57 bits per heavy atom. The van der Waals surface area contributed by atoms with E-state index in [0.29, 0.717) is 35.0 Å². The molecule has 2 aliphatic carbocycles. The lowest BCUT2D eigenvalue weighted by Crippen LogP contribution is -2.60. The van der Waals surface area contributed by atoms with Crippen LogP contribution in [0.15, 0.2) is 53.4 Å². The monoisotopic (exact) mass is 662 g/mol. The number of hydrogen-bond donors (Lipinski definition) is 0. The van der Waals surface area contributed by atoms with Crippen molar-refractivity contribution in [3.63, 3.8) is 0 Å². The Bertz CT molecular complexity index is 1550. The van der Waals surface area contributed by atoms with E-state index in [1.165, 1.54) is 6.42 Å². The van der Waals surface area contributed by atoms with Crippen molar-refractivity contribution in [2.75, 3.05) is 63.8 Å². The average molecular weight is 663 g/mol. The summed E-state index contributed by atoms with van der Waals surface area (Å²) in [7, 11) is -3.15. The van der Waals surface area contributed by atoms with Gasteiger partial charge in [-0.3, -0.25) is 4.79 Å². The van der Waals surface area contributed by atoms with Crippen molar-refractivity contribution in [1.82, 2.24) is 14.7 Å². The van der Waals surface area contributed by atoms with E-state index < -0.39 is 9.84 Å². The summed E-state index contributed by atoms with van der Waals surface area (Å²) in [5.41, 5.74) is 2.12. The molecule has 0 bridgehead atoms. The molecule has 1 amide bonds. The van der Waals surface area contributed by atoms with Crippen LogP contribution in [-0.2, 0) is 20.0 Å². The van der Waals surface area contributed by atoms with Crippen LogP contribution in [0.1, 0.15) is 69.8 Å². The van der Waals surface area contributed by atoms with Crippen molar-refractivity contribution in [2.45, 2.75) is 85.8 Å². The molecule has 4 heterocycles. The van der Waals surface area contributed by atoms with E-state index in [1.54, 1.807) is 18.2 Å². The first-order chi connectivity index (χ1) is 22.8. The highest BCUT2D eigenvalue weighted by Crippen LogP contribution is 2.53. The molecule has 47 heavy (non-hydrogen) atoms. The summed E-state index contributed by atoms with van der Waals surface area (Å²) >= 11 is 0. The van der Waals surface area contributed by atoms with Crippen molar-refractivity contribution in [1.29, 1.82) is 0 Å². The highest BCUT2D eigenvalue weighted by atomic mass is 32.2. The number of likely N-dealkylation sites (tertiary alicyclic amines) is 3. The molecule has 7 nitrogen and oxygen atoms in total. The van der Waals surface area contributed by atoms with Crippen molar-refractivity contribution in [2.24, 2.45) is 17.8 Å². The number of carbonyl (C=O) groups is 1. The van der Waals surface area contributed by atoms with Gasteiger partial charge in [0.15, 0.2) is 9.84 Å². The van der Waals surface area contributed by atoms with Crippen molar-refractivity contribution in [3.05, 3.63) is 59.9 Å². The lowest BCUT2D eigenvalue weighted by molar-refractivity contribution is -0.131. The van der Waals surface area contributed by atoms with Crippen LogP contribution in [-0.4, -0.2) is 99.2 Å². The minimum absolute atomic E-state index is 0.145. The Labute approximate surface area is 280 Å². The highest BCUT2D eigenvalue weighted by Gasteiger charge is 2.54. The first-order valence-electron chi connectivity index (χ1n) is 18.4. The van der Waals surface area contributed by atoms with Crippen LogP contribution in [0.2, 0.25) is 0 Å². The molecular formula is C38H51FN4O3S. The molecule has 4 aliphatic heterocycles. The second-order valence-electron chi connectivity index (χ2n) is 15.6. The summed E-state index contributed by atoms with van der Waals surface area (Å²) in [6.45, 7) is 9.31. The molecule has 8 rings (SSSR count). The minimum Gasteiger partial charge on any atom is -0.371 e. The molecule has 6 fully saturated rings. The predicted octanol–water partition coefficient (Wildman–Crippen LogP) is 5.34. The topological polar surface area (TPSA) is 64.2 Å². The summed E-state index contributed by atoms with van der Waals surface area (Å²) in [6, 6.07) is 15.3. The lowest BCUT2D eigenvalue weighted by Gasteiger charge is -2.55. The van der Waals surface area contributed by atoms with Gasteiger partial charge in [0.25, 0.3) is 0 Å². The first kappa shape index (κ1) is 31.8. The minimum atomic E-state index is -3.15. The van der Waals surface area contributed by atoms with Crippen LogP contribution >= 0.6 is 0 Å². The van der Waals surface area contributed by atoms with Gasteiger partial charge in [-0.25, -0.2) is 12.8 Å². The van der Waals surface area contributed by atoms with E-state index in [0.717, 1.165) is 122 Å². The zero-order chi connectivity index (χ0) is 32.2. The summed E-state index contributed by atoms with van der Waals surface area (Å²) in [5.74, 6) is 1.59. The van der Waals surface area contributed by atoms with Gasteiger partial charge in [0, 0.05) is 62.2 Å². The molecular weight excluding hydrogens is 612 g/mol. The molecule has 0 unspecified atom stereocenters. The number of benzene rings is 2. The number of hydrogen-bond acceptors (Lipinski definition) is 6. The fraction of sp³-hybridized carbons (Fsp3) is 0.658. The van der Waals surface area contributed by atoms with Gasteiger partial charge < -0.3 is 19.6 Å². The Morgan fingerprint density at radius 3 is 2.21 bits per heavy atom. The van der Waals surface area contributed by atoms with E-state index in [9.17, 15) is 13.2 Å².